The summed E-state index contributed by atoms with van der Waals surface area (Å²) in [6.45, 7) is 0.687. The number of anilines is 1. The van der Waals surface area contributed by atoms with E-state index in [0.29, 0.717) is 11.9 Å². The Labute approximate surface area is 146 Å². The Morgan fingerprint density at radius 2 is 1.88 bits per heavy atom. The molecule has 3 aromatic rings. The van der Waals surface area contributed by atoms with Crippen molar-refractivity contribution in [1.29, 1.82) is 0 Å². The Kier molecular flexibility index (Phi) is 4.90. The van der Waals surface area contributed by atoms with Crippen LogP contribution in [-0.2, 0) is 0 Å². The molecular formula is C19H20N4O2. The third-order valence-electron chi connectivity index (χ3n) is 4.29. The summed E-state index contributed by atoms with van der Waals surface area (Å²) in [4.78, 5) is 17.0. The van der Waals surface area contributed by atoms with Crippen molar-refractivity contribution in [2.24, 2.45) is 0 Å². The molecule has 6 nitrogen and oxygen atoms in total. The molecule has 128 valence electrons. The molecule has 0 aliphatic rings. The number of nitro groups is 1. The zero-order valence-corrected chi connectivity index (χ0v) is 14.2. The van der Waals surface area contributed by atoms with E-state index in [1.54, 1.807) is 24.5 Å². The van der Waals surface area contributed by atoms with Crippen molar-refractivity contribution in [3.8, 4) is 0 Å². The van der Waals surface area contributed by atoms with Crippen LogP contribution in [0.4, 0.5) is 11.4 Å². The Hall–Kier alpha value is -2.99. The highest BCUT2D eigenvalue weighted by molar-refractivity contribution is 5.99. The summed E-state index contributed by atoms with van der Waals surface area (Å²) in [6, 6.07) is 15.5. The van der Waals surface area contributed by atoms with Gasteiger partial charge in [0.1, 0.15) is 0 Å². The van der Waals surface area contributed by atoms with Crippen molar-refractivity contribution < 1.29 is 4.92 Å². The number of likely N-dealkylation sites (N-methyl/N-ethyl adjacent to an activating group) is 1. The largest absolute Gasteiger partial charge is 0.383 e. The van der Waals surface area contributed by atoms with Gasteiger partial charge in [-0.25, -0.2) is 0 Å². The van der Waals surface area contributed by atoms with E-state index in [0.717, 1.165) is 11.1 Å². The van der Waals surface area contributed by atoms with Crippen LogP contribution in [0, 0.1) is 10.1 Å². The van der Waals surface area contributed by atoms with Crippen molar-refractivity contribution in [1.82, 2.24) is 9.88 Å². The second kappa shape index (κ2) is 7.27. The molecule has 3 rings (SSSR count). The minimum absolute atomic E-state index is 0.0702. The predicted octanol–water partition coefficient (Wildman–Crippen LogP) is 3.86. The van der Waals surface area contributed by atoms with Gasteiger partial charge in [0.05, 0.1) is 16.4 Å². The zero-order chi connectivity index (χ0) is 17.8. The van der Waals surface area contributed by atoms with Gasteiger partial charge in [0.2, 0.25) is 0 Å². The Balaban J connectivity index is 1.90. The molecule has 0 amide bonds. The molecule has 0 unspecified atom stereocenters. The van der Waals surface area contributed by atoms with Crippen LogP contribution < -0.4 is 5.32 Å². The lowest BCUT2D eigenvalue weighted by Gasteiger charge is -2.26. The molecule has 0 aliphatic carbocycles. The number of hydrogen-bond acceptors (Lipinski definition) is 5. The summed E-state index contributed by atoms with van der Waals surface area (Å²) in [5, 5.41) is 16.0. The van der Waals surface area contributed by atoms with Crippen LogP contribution in [-0.4, -0.2) is 35.4 Å². The van der Waals surface area contributed by atoms with Crippen LogP contribution in [0.3, 0.4) is 0 Å². The lowest BCUT2D eigenvalue weighted by molar-refractivity contribution is -0.383. The van der Waals surface area contributed by atoms with E-state index in [9.17, 15) is 10.1 Å². The lowest BCUT2D eigenvalue weighted by atomic mass is 10.1. The smallest absolute Gasteiger partial charge is 0.278 e. The molecule has 0 spiro atoms. The highest BCUT2D eigenvalue weighted by atomic mass is 16.6. The summed E-state index contributed by atoms with van der Waals surface area (Å²) in [6.07, 6.45) is 3.19. The maximum atomic E-state index is 11.2. The molecule has 1 aromatic heterocycles. The molecule has 0 fully saturated rings. The Morgan fingerprint density at radius 3 is 2.56 bits per heavy atom. The van der Waals surface area contributed by atoms with Gasteiger partial charge in [-0.2, -0.15) is 0 Å². The van der Waals surface area contributed by atoms with Crippen LogP contribution in [0.5, 0.6) is 0 Å². The van der Waals surface area contributed by atoms with Crippen molar-refractivity contribution in [3.05, 3.63) is 76.6 Å². The molecule has 0 saturated heterocycles. The average Bonchev–Trinajstić information content (AvgIpc) is 2.62. The topological polar surface area (TPSA) is 71.3 Å². The molecule has 0 radical (unpaired) electrons. The lowest BCUT2D eigenvalue weighted by Crippen LogP contribution is -2.26. The van der Waals surface area contributed by atoms with Crippen molar-refractivity contribution in [3.63, 3.8) is 0 Å². The van der Waals surface area contributed by atoms with Gasteiger partial charge in [-0.15, -0.1) is 0 Å². The first-order chi connectivity index (χ1) is 12.1. The number of nitro benzene ring substituents is 1. The van der Waals surface area contributed by atoms with Gasteiger partial charge in [-0.1, -0.05) is 30.3 Å². The van der Waals surface area contributed by atoms with Gasteiger partial charge in [-0.05, 0) is 31.8 Å². The highest BCUT2D eigenvalue weighted by Gasteiger charge is 2.17. The van der Waals surface area contributed by atoms with Crippen LogP contribution in [0.25, 0.3) is 10.8 Å². The van der Waals surface area contributed by atoms with Gasteiger partial charge >= 0.3 is 0 Å². The summed E-state index contributed by atoms with van der Waals surface area (Å²) in [5.74, 6) is 0. The Morgan fingerprint density at radius 1 is 1.12 bits per heavy atom. The molecule has 25 heavy (non-hydrogen) atoms. The first-order valence-electron chi connectivity index (χ1n) is 8.04. The standard InChI is InChI=1S/C19H20N4O2/c1-22(2)19(14-6-4-3-5-7-14)13-21-17-8-9-18(23(24)25)16-12-20-11-10-15(16)17/h3-12,19,21H,13H2,1-2H3/t19-/m1/s1. The minimum Gasteiger partial charge on any atom is -0.383 e. The van der Waals surface area contributed by atoms with E-state index in [1.165, 1.54) is 11.6 Å². The quantitative estimate of drug-likeness (QED) is 0.547. The number of nitrogens with one attached hydrogen (secondary N) is 1. The number of aromatic nitrogens is 1. The fourth-order valence-corrected chi connectivity index (χ4v) is 2.97. The van der Waals surface area contributed by atoms with E-state index >= 15 is 0 Å². The van der Waals surface area contributed by atoms with Crippen LogP contribution in [0.15, 0.2) is 60.9 Å². The van der Waals surface area contributed by atoms with Gasteiger partial charge < -0.3 is 10.2 Å². The van der Waals surface area contributed by atoms with Crippen LogP contribution in [0.2, 0.25) is 0 Å². The van der Waals surface area contributed by atoms with Crippen molar-refractivity contribution in [2.75, 3.05) is 26.0 Å². The maximum Gasteiger partial charge on any atom is 0.278 e. The average molecular weight is 336 g/mol. The number of hydrogen-bond donors (Lipinski definition) is 1. The third kappa shape index (κ3) is 3.59. The second-order valence-electron chi connectivity index (χ2n) is 6.08. The van der Waals surface area contributed by atoms with Crippen molar-refractivity contribution in [2.45, 2.75) is 6.04 Å². The number of pyridine rings is 1. The van der Waals surface area contributed by atoms with Gasteiger partial charge in [-0.3, -0.25) is 15.1 Å². The van der Waals surface area contributed by atoms with E-state index in [1.807, 2.05) is 32.3 Å². The molecule has 1 N–H and O–H groups in total. The molecule has 0 bridgehead atoms. The summed E-state index contributed by atoms with van der Waals surface area (Å²) < 4.78 is 0. The van der Waals surface area contributed by atoms with Crippen molar-refractivity contribution >= 4 is 22.1 Å². The first-order valence-corrected chi connectivity index (χ1v) is 8.04. The van der Waals surface area contributed by atoms with E-state index in [2.05, 4.69) is 27.3 Å². The third-order valence-corrected chi connectivity index (χ3v) is 4.29. The number of fused-ring (bicyclic) bond motifs is 1. The van der Waals surface area contributed by atoms with Gasteiger partial charge in [0, 0.05) is 36.1 Å². The van der Waals surface area contributed by atoms with E-state index < -0.39 is 0 Å². The van der Waals surface area contributed by atoms with Gasteiger partial charge in [0.15, 0.2) is 0 Å². The SMILES string of the molecule is CN(C)[C@H](CNc1ccc([N+](=O)[O-])c2cnccc12)c1ccccc1. The van der Waals surface area contributed by atoms with E-state index in [4.69, 9.17) is 0 Å². The maximum absolute atomic E-state index is 11.2. The Bertz CT molecular complexity index is 881. The predicted molar refractivity (Wildman–Crippen MR) is 99.8 cm³/mol. The molecule has 0 aliphatic heterocycles. The number of non-ortho nitro benzene ring substituents is 1. The first kappa shape index (κ1) is 16.9. The van der Waals surface area contributed by atoms with E-state index in [-0.39, 0.29) is 16.7 Å². The normalized spacial score (nSPS) is 12.3. The fraction of sp³-hybridized carbons (Fsp3) is 0.211. The zero-order valence-electron chi connectivity index (χ0n) is 14.2. The fourth-order valence-electron chi connectivity index (χ4n) is 2.97. The minimum atomic E-state index is -0.375. The molecule has 1 atom stereocenters. The molecule has 2 aromatic carbocycles. The number of rotatable bonds is 6. The molecular weight excluding hydrogens is 316 g/mol. The molecule has 1 heterocycles. The van der Waals surface area contributed by atoms with Crippen LogP contribution >= 0.6 is 0 Å². The van der Waals surface area contributed by atoms with Gasteiger partial charge in [0.25, 0.3) is 5.69 Å². The number of benzene rings is 2. The second-order valence-corrected chi connectivity index (χ2v) is 6.08. The monoisotopic (exact) mass is 336 g/mol. The molecule has 0 saturated carbocycles. The highest BCUT2D eigenvalue weighted by Crippen LogP contribution is 2.31. The summed E-state index contributed by atoms with van der Waals surface area (Å²) >= 11 is 0. The summed E-state index contributed by atoms with van der Waals surface area (Å²) in [7, 11) is 4.08. The van der Waals surface area contributed by atoms with Crippen LogP contribution in [0.1, 0.15) is 11.6 Å². The molecule has 6 heteroatoms. The summed E-state index contributed by atoms with van der Waals surface area (Å²) in [5.41, 5.74) is 2.15. The number of nitrogens with zero attached hydrogens (tertiary/aromatic N) is 3.